The molecule has 3 atom stereocenters. The van der Waals surface area contributed by atoms with Crippen LogP contribution in [-0.2, 0) is 4.74 Å². The maximum Gasteiger partial charge on any atom is 0.351 e. The first kappa shape index (κ1) is 14.9. The molecule has 0 spiro atoms. The van der Waals surface area contributed by atoms with E-state index < -0.39 is 23.6 Å². The van der Waals surface area contributed by atoms with E-state index in [1.165, 1.54) is 10.8 Å². The Kier molecular flexibility index (Phi) is 4.09. The molecule has 0 aliphatic carbocycles. The molecule has 0 aromatic carbocycles. The summed E-state index contributed by atoms with van der Waals surface area (Å²) in [7, 11) is 0. The molecule has 112 valence electrons. The lowest BCUT2D eigenvalue weighted by molar-refractivity contribution is -0.131. The normalized spacial score (nSPS) is 29.8. The number of aromatic nitrogens is 2. The number of hydrogen-bond acceptors (Lipinski definition) is 7. The van der Waals surface area contributed by atoms with Crippen molar-refractivity contribution >= 4 is 5.82 Å². The van der Waals surface area contributed by atoms with Crippen molar-refractivity contribution in [3.05, 3.63) is 22.2 Å². The van der Waals surface area contributed by atoms with E-state index in [9.17, 15) is 15.0 Å². The van der Waals surface area contributed by atoms with E-state index in [1.54, 1.807) is 6.92 Å². The number of nitrogens with zero attached hydrogens (tertiary/aromatic N) is 2. The van der Waals surface area contributed by atoms with Crippen LogP contribution in [0.15, 0.2) is 11.0 Å². The third-order valence-electron chi connectivity index (χ3n) is 3.72. The highest BCUT2D eigenvalue weighted by Crippen LogP contribution is 2.38. The number of nitrogen functional groups attached to an aromatic ring is 1. The highest BCUT2D eigenvalue weighted by atomic mass is 16.6. The van der Waals surface area contributed by atoms with Crippen LogP contribution in [-0.4, -0.2) is 44.6 Å². The number of hydrogen-bond donors (Lipinski definition) is 4. The topological polar surface area (TPSA) is 137 Å². The SMILES string of the molecule is Cc1cn([C@H]2CC(O)[C@](CO)(CCN)O2)c(=O)nc1N. The molecule has 1 aliphatic heterocycles. The number of aliphatic hydroxyl groups excluding tert-OH is 2. The van der Waals surface area contributed by atoms with Crippen LogP contribution < -0.4 is 17.2 Å². The number of nitrogens with two attached hydrogens (primary N) is 2. The zero-order valence-corrected chi connectivity index (χ0v) is 11.3. The molecule has 1 aromatic heterocycles. The molecule has 1 fully saturated rings. The molecule has 1 aromatic rings. The number of aryl methyl sites for hydroxylation is 1. The average molecular weight is 284 g/mol. The summed E-state index contributed by atoms with van der Waals surface area (Å²) in [6.45, 7) is 1.62. The Balaban J connectivity index is 2.33. The van der Waals surface area contributed by atoms with Gasteiger partial charge in [0.15, 0.2) is 0 Å². The lowest BCUT2D eigenvalue weighted by Crippen LogP contribution is -2.45. The lowest BCUT2D eigenvalue weighted by atomic mass is 9.94. The molecule has 2 rings (SSSR count). The van der Waals surface area contributed by atoms with Crippen LogP contribution in [0.25, 0.3) is 0 Å². The van der Waals surface area contributed by atoms with Crippen LogP contribution in [0.3, 0.4) is 0 Å². The predicted octanol–water partition coefficient (Wildman–Crippen LogP) is -1.51. The number of rotatable bonds is 4. The monoisotopic (exact) mass is 284 g/mol. The van der Waals surface area contributed by atoms with Crippen LogP contribution in [0.5, 0.6) is 0 Å². The van der Waals surface area contributed by atoms with Crippen LogP contribution in [0.4, 0.5) is 5.82 Å². The fraction of sp³-hybridized carbons (Fsp3) is 0.667. The van der Waals surface area contributed by atoms with Crippen LogP contribution >= 0.6 is 0 Å². The number of aliphatic hydroxyl groups is 2. The van der Waals surface area contributed by atoms with Gasteiger partial charge in [-0.05, 0) is 19.9 Å². The maximum absolute atomic E-state index is 11.9. The van der Waals surface area contributed by atoms with Gasteiger partial charge in [-0.2, -0.15) is 4.98 Å². The second-order valence-corrected chi connectivity index (χ2v) is 5.08. The minimum Gasteiger partial charge on any atom is -0.393 e. The van der Waals surface area contributed by atoms with Crippen molar-refractivity contribution in [2.24, 2.45) is 5.73 Å². The largest absolute Gasteiger partial charge is 0.393 e. The van der Waals surface area contributed by atoms with E-state index in [4.69, 9.17) is 16.2 Å². The molecule has 20 heavy (non-hydrogen) atoms. The first-order chi connectivity index (χ1) is 9.43. The fourth-order valence-electron chi connectivity index (χ4n) is 2.45. The fourth-order valence-corrected chi connectivity index (χ4v) is 2.45. The van der Waals surface area contributed by atoms with Gasteiger partial charge in [0, 0.05) is 18.2 Å². The summed E-state index contributed by atoms with van der Waals surface area (Å²) in [5, 5.41) is 19.6. The molecule has 0 saturated carbocycles. The van der Waals surface area contributed by atoms with Gasteiger partial charge in [-0.1, -0.05) is 0 Å². The third-order valence-corrected chi connectivity index (χ3v) is 3.72. The van der Waals surface area contributed by atoms with Gasteiger partial charge < -0.3 is 26.4 Å². The minimum absolute atomic E-state index is 0.167. The summed E-state index contributed by atoms with van der Waals surface area (Å²) < 4.78 is 7.00. The highest BCUT2D eigenvalue weighted by Gasteiger charge is 2.48. The molecule has 8 heteroatoms. The Bertz CT molecular complexity index is 547. The maximum atomic E-state index is 11.9. The molecular weight excluding hydrogens is 264 g/mol. The molecule has 2 heterocycles. The van der Waals surface area contributed by atoms with E-state index in [0.717, 1.165) is 0 Å². The first-order valence-electron chi connectivity index (χ1n) is 6.45. The summed E-state index contributed by atoms with van der Waals surface area (Å²) in [5.41, 5.74) is 10.0. The van der Waals surface area contributed by atoms with Crippen molar-refractivity contribution in [2.75, 3.05) is 18.9 Å². The number of ether oxygens (including phenoxy) is 1. The van der Waals surface area contributed by atoms with Gasteiger partial charge in [0.25, 0.3) is 0 Å². The van der Waals surface area contributed by atoms with E-state index in [2.05, 4.69) is 4.98 Å². The minimum atomic E-state index is -1.13. The summed E-state index contributed by atoms with van der Waals surface area (Å²) in [5.74, 6) is 0.167. The summed E-state index contributed by atoms with van der Waals surface area (Å²) in [4.78, 5) is 15.6. The lowest BCUT2D eigenvalue weighted by Gasteiger charge is -2.29. The summed E-state index contributed by atoms with van der Waals surface area (Å²) in [6.07, 6.45) is 0.439. The summed E-state index contributed by atoms with van der Waals surface area (Å²) in [6, 6.07) is 0. The highest BCUT2D eigenvalue weighted by molar-refractivity contribution is 5.35. The number of anilines is 1. The smallest absolute Gasteiger partial charge is 0.351 e. The van der Waals surface area contributed by atoms with Gasteiger partial charge in [-0.3, -0.25) is 4.57 Å². The molecule has 0 radical (unpaired) electrons. The molecule has 0 bridgehead atoms. The molecule has 1 aliphatic rings. The molecular formula is C12H20N4O4. The van der Waals surface area contributed by atoms with Gasteiger partial charge in [-0.15, -0.1) is 0 Å². The van der Waals surface area contributed by atoms with Gasteiger partial charge in [0.1, 0.15) is 17.6 Å². The molecule has 1 saturated heterocycles. The van der Waals surface area contributed by atoms with Crippen LogP contribution in [0.1, 0.15) is 24.6 Å². The van der Waals surface area contributed by atoms with Gasteiger partial charge in [-0.25, -0.2) is 4.79 Å². The summed E-state index contributed by atoms with van der Waals surface area (Å²) >= 11 is 0. The third kappa shape index (κ3) is 2.42. The van der Waals surface area contributed by atoms with Crippen molar-refractivity contribution in [1.82, 2.24) is 9.55 Å². The van der Waals surface area contributed by atoms with Gasteiger partial charge in [0.05, 0.1) is 12.7 Å². The Hall–Kier alpha value is -1.48. The van der Waals surface area contributed by atoms with E-state index in [1.807, 2.05) is 0 Å². The van der Waals surface area contributed by atoms with E-state index in [0.29, 0.717) is 12.0 Å². The van der Waals surface area contributed by atoms with Crippen molar-refractivity contribution in [3.8, 4) is 0 Å². The molecule has 6 N–H and O–H groups in total. The van der Waals surface area contributed by atoms with Crippen molar-refractivity contribution in [1.29, 1.82) is 0 Å². The molecule has 0 amide bonds. The second kappa shape index (κ2) is 5.49. The quantitative estimate of drug-likeness (QED) is 0.527. The van der Waals surface area contributed by atoms with Crippen LogP contribution in [0, 0.1) is 6.92 Å². The van der Waals surface area contributed by atoms with Crippen LogP contribution in [0.2, 0.25) is 0 Å². The molecule has 8 nitrogen and oxygen atoms in total. The average Bonchev–Trinajstić information content (AvgIpc) is 2.72. The Morgan fingerprint density at radius 1 is 1.65 bits per heavy atom. The Morgan fingerprint density at radius 2 is 2.35 bits per heavy atom. The van der Waals surface area contributed by atoms with E-state index in [-0.39, 0.29) is 25.4 Å². The molecule has 1 unspecified atom stereocenters. The van der Waals surface area contributed by atoms with Gasteiger partial charge in [0.2, 0.25) is 0 Å². The second-order valence-electron chi connectivity index (χ2n) is 5.08. The van der Waals surface area contributed by atoms with Crippen molar-refractivity contribution in [2.45, 2.75) is 37.7 Å². The Morgan fingerprint density at radius 3 is 2.95 bits per heavy atom. The van der Waals surface area contributed by atoms with Crippen molar-refractivity contribution in [3.63, 3.8) is 0 Å². The van der Waals surface area contributed by atoms with Crippen molar-refractivity contribution < 1.29 is 14.9 Å². The zero-order chi connectivity index (χ0) is 14.9. The van der Waals surface area contributed by atoms with Gasteiger partial charge >= 0.3 is 5.69 Å². The standard InChI is InChI=1S/C12H20N4O4/c1-7-5-16(11(19)15-10(7)14)9-4-8(18)12(6-17,20-9)2-3-13/h5,8-9,17-18H,2-4,6,13H2,1H3,(H2,14,15,19)/t8?,9-,12-/m1/s1. The van der Waals surface area contributed by atoms with E-state index >= 15 is 0 Å². The Labute approximate surface area is 116 Å². The first-order valence-corrected chi connectivity index (χ1v) is 6.45. The predicted molar refractivity (Wildman–Crippen MR) is 71.9 cm³/mol. The zero-order valence-electron chi connectivity index (χ0n) is 11.3.